The van der Waals surface area contributed by atoms with Crippen LogP contribution in [0.25, 0.3) is 0 Å². The molecule has 1 heterocycles. The second-order valence-corrected chi connectivity index (χ2v) is 7.82. The van der Waals surface area contributed by atoms with Crippen molar-refractivity contribution in [2.24, 2.45) is 29.6 Å². The molecule has 1 aromatic heterocycles. The highest BCUT2D eigenvalue weighted by molar-refractivity contribution is 6.31. The highest BCUT2D eigenvalue weighted by Gasteiger charge is 2.67. The Labute approximate surface area is 131 Å². The van der Waals surface area contributed by atoms with Crippen molar-refractivity contribution < 1.29 is 5.11 Å². The zero-order valence-corrected chi connectivity index (χ0v) is 13.5. The molecule has 116 valence electrons. The lowest BCUT2D eigenvalue weighted by Crippen LogP contribution is -2.22. The molecule has 4 rings (SSSR count). The molecule has 0 amide bonds. The van der Waals surface area contributed by atoms with Gasteiger partial charge in [0.15, 0.2) is 0 Å². The van der Waals surface area contributed by atoms with Crippen molar-refractivity contribution in [2.45, 2.75) is 31.9 Å². The molecule has 5 heteroatoms. The number of aliphatic hydroxyl groups is 1. The highest BCUT2D eigenvalue weighted by atomic mass is 35.5. The van der Waals surface area contributed by atoms with E-state index in [4.69, 9.17) is 11.6 Å². The molecule has 0 radical (unpaired) electrons. The van der Waals surface area contributed by atoms with Gasteiger partial charge in [0.1, 0.15) is 6.10 Å². The van der Waals surface area contributed by atoms with Crippen LogP contribution in [0.1, 0.15) is 31.1 Å². The number of hydrogen-bond acceptors (Lipinski definition) is 3. The first kappa shape index (κ1) is 14.0. The van der Waals surface area contributed by atoms with Gasteiger partial charge in [-0.2, -0.15) is 5.10 Å². The van der Waals surface area contributed by atoms with Crippen molar-refractivity contribution in [2.75, 3.05) is 20.6 Å². The Bertz CT molecular complexity index is 528. The zero-order valence-electron chi connectivity index (χ0n) is 12.7. The number of aromatic nitrogens is 2. The fraction of sp³-hybridized carbons (Fsp3) is 0.812. The number of likely N-dealkylation sites (N-methyl/N-ethyl adjacent to an activating group) is 1. The van der Waals surface area contributed by atoms with Gasteiger partial charge in [0, 0.05) is 6.54 Å². The van der Waals surface area contributed by atoms with Crippen LogP contribution in [-0.2, 0) is 6.54 Å². The van der Waals surface area contributed by atoms with Crippen molar-refractivity contribution in [3.8, 4) is 0 Å². The molecular formula is C16H24ClN3O. The van der Waals surface area contributed by atoms with Crippen LogP contribution in [0.2, 0.25) is 5.02 Å². The number of halogens is 1. The van der Waals surface area contributed by atoms with Crippen LogP contribution in [0.15, 0.2) is 6.20 Å². The lowest BCUT2D eigenvalue weighted by Gasteiger charge is -2.18. The fourth-order valence-corrected chi connectivity index (χ4v) is 5.39. The minimum absolute atomic E-state index is 0.430. The topological polar surface area (TPSA) is 41.3 Å². The van der Waals surface area contributed by atoms with Gasteiger partial charge in [0.25, 0.3) is 0 Å². The van der Waals surface area contributed by atoms with Gasteiger partial charge in [-0.15, -0.1) is 0 Å². The number of fused-ring (bicyclic) bond motifs is 5. The highest BCUT2D eigenvalue weighted by Crippen LogP contribution is 2.72. The predicted octanol–water partition coefficient (Wildman–Crippen LogP) is 2.42. The second kappa shape index (κ2) is 4.97. The summed E-state index contributed by atoms with van der Waals surface area (Å²) in [5, 5.41) is 15.9. The average Bonchev–Trinajstić information content (AvgIpc) is 2.74. The second-order valence-electron chi connectivity index (χ2n) is 7.41. The van der Waals surface area contributed by atoms with Crippen molar-refractivity contribution in [1.29, 1.82) is 0 Å². The lowest BCUT2D eigenvalue weighted by molar-refractivity contribution is 0.119. The molecule has 4 nitrogen and oxygen atoms in total. The van der Waals surface area contributed by atoms with Crippen LogP contribution < -0.4 is 0 Å². The largest absolute Gasteiger partial charge is 0.386 e. The SMILES string of the molecule is CN(C)CCn1ncc(Cl)c1C(O)C1C2C3CCC(C3)C21. The van der Waals surface area contributed by atoms with E-state index < -0.39 is 6.10 Å². The van der Waals surface area contributed by atoms with Gasteiger partial charge in [0.2, 0.25) is 0 Å². The van der Waals surface area contributed by atoms with Crippen LogP contribution in [0.4, 0.5) is 0 Å². The average molecular weight is 310 g/mol. The van der Waals surface area contributed by atoms with E-state index in [1.807, 2.05) is 18.8 Å². The fourth-order valence-electron chi connectivity index (χ4n) is 5.14. The molecular weight excluding hydrogens is 286 g/mol. The van der Waals surface area contributed by atoms with Gasteiger partial charge in [0.05, 0.1) is 23.5 Å². The van der Waals surface area contributed by atoms with E-state index in [1.54, 1.807) is 6.20 Å². The summed E-state index contributed by atoms with van der Waals surface area (Å²) in [5.41, 5.74) is 0.845. The van der Waals surface area contributed by atoms with Gasteiger partial charge in [-0.3, -0.25) is 4.68 Å². The van der Waals surface area contributed by atoms with Crippen LogP contribution >= 0.6 is 11.6 Å². The van der Waals surface area contributed by atoms with E-state index in [9.17, 15) is 5.11 Å². The number of aliphatic hydroxyl groups excluding tert-OH is 1. The third kappa shape index (κ3) is 2.14. The summed E-state index contributed by atoms with van der Waals surface area (Å²) in [6.07, 6.45) is 5.42. The predicted molar refractivity (Wildman–Crippen MR) is 82.1 cm³/mol. The third-order valence-corrected chi connectivity index (χ3v) is 6.32. The van der Waals surface area contributed by atoms with Gasteiger partial charge in [-0.1, -0.05) is 11.6 Å². The summed E-state index contributed by atoms with van der Waals surface area (Å²) in [4.78, 5) is 2.12. The van der Waals surface area contributed by atoms with Crippen LogP contribution in [0.3, 0.4) is 0 Å². The van der Waals surface area contributed by atoms with Gasteiger partial charge in [-0.25, -0.2) is 0 Å². The first-order valence-corrected chi connectivity index (χ1v) is 8.49. The molecule has 3 aliphatic carbocycles. The summed E-state index contributed by atoms with van der Waals surface area (Å²) in [7, 11) is 4.09. The summed E-state index contributed by atoms with van der Waals surface area (Å²) >= 11 is 6.32. The quantitative estimate of drug-likeness (QED) is 0.908. The molecule has 3 fully saturated rings. The number of nitrogens with zero attached hydrogens (tertiary/aromatic N) is 3. The molecule has 0 spiro atoms. The van der Waals surface area contributed by atoms with Crippen molar-refractivity contribution >= 4 is 11.6 Å². The molecule has 5 unspecified atom stereocenters. The Balaban J connectivity index is 1.52. The minimum atomic E-state index is -0.430. The minimum Gasteiger partial charge on any atom is -0.386 e. The summed E-state index contributed by atoms with van der Waals surface area (Å²) in [6.45, 7) is 1.68. The van der Waals surface area contributed by atoms with Crippen molar-refractivity contribution in [1.82, 2.24) is 14.7 Å². The van der Waals surface area contributed by atoms with E-state index in [-0.39, 0.29) is 0 Å². The maximum Gasteiger partial charge on any atom is 0.101 e. The summed E-state index contributed by atoms with van der Waals surface area (Å²) in [6, 6.07) is 0. The molecule has 2 bridgehead atoms. The molecule has 5 atom stereocenters. The van der Waals surface area contributed by atoms with E-state index >= 15 is 0 Å². The Morgan fingerprint density at radius 1 is 1.38 bits per heavy atom. The Hall–Kier alpha value is -0.580. The molecule has 0 saturated heterocycles. The monoisotopic (exact) mass is 309 g/mol. The lowest BCUT2D eigenvalue weighted by atomic mass is 9.97. The molecule has 1 N–H and O–H groups in total. The number of hydrogen-bond donors (Lipinski definition) is 1. The van der Waals surface area contributed by atoms with Gasteiger partial charge in [-0.05, 0) is 62.9 Å². The number of rotatable bonds is 5. The molecule has 3 saturated carbocycles. The maximum atomic E-state index is 10.9. The van der Waals surface area contributed by atoms with E-state index in [1.165, 1.54) is 19.3 Å². The van der Waals surface area contributed by atoms with E-state index in [2.05, 4.69) is 10.00 Å². The maximum absolute atomic E-state index is 10.9. The van der Waals surface area contributed by atoms with E-state index in [0.717, 1.165) is 42.5 Å². The molecule has 0 aliphatic heterocycles. The summed E-state index contributed by atoms with van der Waals surface area (Å²) in [5.74, 6) is 3.69. The zero-order chi connectivity index (χ0) is 14.7. The first-order valence-electron chi connectivity index (χ1n) is 8.12. The van der Waals surface area contributed by atoms with Crippen molar-refractivity contribution in [3.05, 3.63) is 16.9 Å². The van der Waals surface area contributed by atoms with Crippen LogP contribution in [0, 0.1) is 29.6 Å². The van der Waals surface area contributed by atoms with Gasteiger partial charge >= 0.3 is 0 Å². The van der Waals surface area contributed by atoms with Gasteiger partial charge < -0.3 is 10.0 Å². The summed E-state index contributed by atoms with van der Waals surface area (Å²) < 4.78 is 1.91. The first-order chi connectivity index (χ1) is 10.1. The standard InChI is InChI=1S/C16H24ClN3O/c1-19(2)5-6-20-15(11(17)8-18-20)16(21)14-12-9-3-4-10(7-9)13(12)14/h8-10,12-14,16,21H,3-7H2,1-2H3. The third-order valence-electron chi connectivity index (χ3n) is 6.03. The molecule has 3 aliphatic rings. The Morgan fingerprint density at radius 3 is 2.67 bits per heavy atom. The normalized spacial score (nSPS) is 38.0. The molecule has 0 aromatic carbocycles. The van der Waals surface area contributed by atoms with Crippen LogP contribution in [0.5, 0.6) is 0 Å². The smallest absolute Gasteiger partial charge is 0.101 e. The molecule has 21 heavy (non-hydrogen) atoms. The Morgan fingerprint density at radius 2 is 2.05 bits per heavy atom. The van der Waals surface area contributed by atoms with E-state index in [0.29, 0.717) is 10.9 Å². The van der Waals surface area contributed by atoms with Crippen LogP contribution in [-0.4, -0.2) is 40.4 Å². The Kier molecular flexibility index (Phi) is 3.32. The van der Waals surface area contributed by atoms with Crippen molar-refractivity contribution in [3.63, 3.8) is 0 Å². The molecule has 1 aromatic rings.